The van der Waals surface area contributed by atoms with E-state index in [1.54, 1.807) is 12.1 Å². The Kier molecular flexibility index (Phi) is 7.87. The summed E-state index contributed by atoms with van der Waals surface area (Å²) in [5.74, 6) is 0.624. The van der Waals surface area contributed by atoms with Crippen LogP contribution in [0.3, 0.4) is 0 Å². The number of hydrogen-bond donors (Lipinski definition) is 2. The average molecular weight is 320 g/mol. The van der Waals surface area contributed by atoms with Crippen LogP contribution in [0.5, 0.6) is 0 Å². The fourth-order valence-electron chi connectivity index (χ4n) is 2.78. The van der Waals surface area contributed by atoms with Gasteiger partial charge in [-0.15, -0.1) is 0 Å². The van der Waals surface area contributed by atoms with E-state index in [1.165, 1.54) is 51.0 Å². The lowest BCUT2D eigenvalue weighted by atomic mass is 10.2. The van der Waals surface area contributed by atoms with Crippen LogP contribution in [0.25, 0.3) is 0 Å². The van der Waals surface area contributed by atoms with Crippen LogP contribution in [0.2, 0.25) is 0 Å². The van der Waals surface area contributed by atoms with Crippen molar-refractivity contribution in [1.29, 1.82) is 0 Å². The minimum absolute atomic E-state index is 0.208. The van der Waals surface area contributed by atoms with Crippen molar-refractivity contribution in [1.82, 2.24) is 15.5 Å². The second-order valence-electron chi connectivity index (χ2n) is 6.00. The van der Waals surface area contributed by atoms with Crippen LogP contribution < -0.4 is 10.6 Å². The minimum atomic E-state index is -0.208. The van der Waals surface area contributed by atoms with Crippen LogP contribution in [0.15, 0.2) is 29.3 Å². The van der Waals surface area contributed by atoms with Crippen molar-refractivity contribution >= 4 is 5.96 Å². The van der Waals surface area contributed by atoms with Gasteiger partial charge in [-0.05, 0) is 69.9 Å². The van der Waals surface area contributed by atoms with Gasteiger partial charge in [-0.2, -0.15) is 0 Å². The average Bonchev–Trinajstić information content (AvgIpc) is 3.07. The molecule has 0 bridgehead atoms. The number of rotatable bonds is 8. The van der Waals surface area contributed by atoms with Crippen molar-refractivity contribution in [2.75, 3.05) is 32.7 Å². The summed E-state index contributed by atoms with van der Waals surface area (Å²) in [6, 6.07) is 6.50. The van der Waals surface area contributed by atoms with E-state index in [2.05, 4.69) is 27.4 Å². The molecule has 0 saturated carbocycles. The molecule has 1 heterocycles. The molecule has 0 spiro atoms. The molecule has 0 aliphatic carbocycles. The number of aliphatic imine (C=N–C) groups is 1. The van der Waals surface area contributed by atoms with Crippen LogP contribution >= 0.6 is 0 Å². The van der Waals surface area contributed by atoms with Crippen LogP contribution in [-0.4, -0.2) is 43.6 Å². The quantitative estimate of drug-likeness (QED) is 0.439. The van der Waals surface area contributed by atoms with E-state index in [1.807, 2.05) is 0 Å². The fourth-order valence-corrected chi connectivity index (χ4v) is 2.78. The molecule has 5 heteroatoms. The molecule has 2 rings (SSSR count). The van der Waals surface area contributed by atoms with Gasteiger partial charge in [0.05, 0.1) is 6.54 Å². The zero-order valence-electron chi connectivity index (χ0n) is 14.2. The van der Waals surface area contributed by atoms with E-state index in [0.717, 1.165) is 31.0 Å². The van der Waals surface area contributed by atoms with Crippen molar-refractivity contribution in [3.8, 4) is 0 Å². The first-order chi connectivity index (χ1) is 11.3. The topological polar surface area (TPSA) is 39.7 Å². The van der Waals surface area contributed by atoms with Gasteiger partial charge >= 0.3 is 0 Å². The highest BCUT2D eigenvalue weighted by molar-refractivity contribution is 5.79. The maximum Gasteiger partial charge on any atom is 0.191 e. The van der Waals surface area contributed by atoms with Gasteiger partial charge in [-0.25, -0.2) is 9.38 Å². The Morgan fingerprint density at radius 1 is 1.13 bits per heavy atom. The van der Waals surface area contributed by atoms with E-state index < -0.39 is 0 Å². The summed E-state index contributed by atoms with van der Waals surface area (Å²) in [4.78, 5) is 7.10. The normalized spacial score (nSPS) is 15.8. The number of likely N-dealkylation sites (tertiary alicyclic amines) is 1. The molecule has 0 radical (unpaired) electrons. The van der Waals surface area contributed by atoms with Crippen molar-refractivity contribution in [3.05, 3.63) is 35.6 Å². The highest BCUT2D eigenvalue weighted by atomic mass is 19.1. The van der Waals surface area contributed by atoms with E-state index in [9.17, 15) is 4.39 Å². The predicted molar refractivity (Wildman–Crippen MR) is 94.1 cm³/mol. The lowest BCUT2D eigenvalue weighted by molar-refractivity contribution is 0.330. The van der Waals surface area contributed by atoms with Crippen molar-refractivity contribution in [2.24, 2.45) is 4.99 Å². The first-order valence-corrected chi connectivity index (χ1v) is 8.77. The molecule has 128 valence electrons. The number of benzene rings is 1. The lowest BCUT2D eigenvalue weighted by Crippen LogP contribution is -2.38. The zero-order chi connectivity index (χ0) is 16.3. The van der Waals surface area contributed by atoms with Gasteiger partial charge in [0.25, 0.3) is 0 Å². The molecule has 0 aromatic heterocycles. The molecule has 0 amide bonds. The maximum atomic E-state index is 12.9. The summed E-state index contributed by atoms with van der Waals surface area (Å²) >= 11 is 0. The van der Waals surface area contributed by atoms with Crippen LogP contribution in [0, 0.1) is 5.82 Å². The van der Waals surface area contributed by atoms with Gasteiger partial charge in [0, 0.05) is 13.1 Å². The second kappa shape index (κ2) is 10.2. The van der Waals surface area contributed by atoms with Gasteiger partial charge in [-0.1, -0.05) is 12.1 Å². The van der Waals surface area contributed by atoms with Gasteiger partial charge in [0.2, 0.25) is 0 Å². The molecule has 0 unspecified atom stereocenters. The Hall–Kier alpha value is -1.62. The monoisotopic (exact) mass is 320 g/mol. The van der Waals surface area contributed by atoms with Gasteiger partial charge in [0.15, 0.2) is 5.96 Å². The Morgan fingerprint density at radius 2 is 1.87 bits per heavy atom. The lowest BCUT2D eigenvalue weighted by Gasteiger charge is -2.15. The van der Waals surface area contributed by atoms with Crippen LogP contribution in [0.1, 0.15) is 38.2 Å². The van der Waals surface area contributed by atoms with Crippen molar-refractivity contribution in [3.63, 3.8) is 0 Å². The van der Waals surface area contributed by atoms with Gasteiger partial charge in [-0.3, -0.25) is 0 Å². The first kappa shape index (κ1) is 17.7. The largest absolute Gasteiger partial charge is 0.357 e. The van der Waals surface area contributed by atoms with Gasteiger partial charge in [0.1, 0.15) is 5.82 Å². The Bertz CT molecular complexity index is 466. The second-order valence-corrected chi connectivity index (χ2v) is 6.00. The molecular weight excluding hydrogens is 291 g/mol. The maximum absolute atomic E-state index is 12.9. The summed E-state index contributed by atoms with van der Waals surface area (Å²) in [7, 11) is 0. The predicted octanol–water partition coefficient (Wildman–Crippen LogP) is 2.76. The number of guanidine groups is 1. The summed E-state index contributed by atoms with van der Waals surface area (Å²) in [6.45, 7) is 8.15. The molecule has 1 aliphatic rings. The molecule has 2 N–H and O–H groups in total. The van der Waals surface area contributed by atoms with Crippen molar-refractivity contribution in [2.45, 2.75) is 39.2 Å². The van der Waals surface area contributed by atoms with E-state index in [4.69, 9.17) is 0 Å². The molecule has 23 heavy (non-hydrogen) atoms. The molecule has 1 saturated heterocycles. The van der Waals surface area contributed by atoms with Gasteiger partial charge < -0.3 is 15.5 Å². The number of halogens is 1. The van der Waals surface area contributed by atoms with E-state index in [-0.39, 0.29) is 5.82 Å². The molecule has 4 nitrogen and oxygen atoms in total. The zero-order valence-corrected chi connectivity index (χ0v) is 14.2. The third-order valence-electron chi connectivity index (χ3n) is 4.07. The fraction of sp³-hybridized carbons (Fsp3) is 0.611. The smallest absolute Gasteiger partial charge is 0.191 e. The molecular formula is C18H29FN4. The van der Waals surface area contributed by atoms with Crippen molar-refractivity contribution < 1.29 is 4.39 Å². The Morgan fingerprint density at radius 3 is 2.57 bits per heavy atom. The molecule has 1 aliphatic heterocycles. The van der Waals surface area contributed by atoms with Crippen LogP contribution in [-0.2, 0) is 6.54 Å². The Labute approximate surface area is 139 Å². The summed E-state index contributed by atoms with van der Waals surface area (Å²) in [5.41, 5.74) is 1.01. The summed E-state index contributed by atoms with van der Waals surface area (Å²) < 4.78 is 12.9. The Balaban J connectivity index is 1.67. The number of nitrogens with zero attached hydrogens (tertiary/aromatic N) is 2. The van der Waals surface area contributed by atoms with E-state index >= 15 is 0 Å². The van der Waals surface area contributed by atoms with E-state index in [0.29, 0.717) is 6.54 Å². The number of nitrogens with one attached hydrogen (secondary N) is 2. The SMILES string of the molecule is CCNC(=NCc1ccc(F)cc1)NCCCCN1CCCC1. The highest BCUT2D eigenvalue weighted by Crippen LogP contribution is 2.08. The molecule has 1 fully saturated rings. The summed E-state index contributed by atoms with van der Waals surface area (Å²) in [5, 5.41) is 6.62. The highest BCUT2D eigenvalue weighted by Gasteiger charge is 2.09. The molecule has 1 aromatic carbocycles. The summed E-state index contributed by atoms with van der Waals surface area (Å²) in [6.07, 6.45) is 5.10. The third-order valence-corrected chi connectivity index (χ3v) is 4.07. The first-order valence-electron chi connectivity index (χ1n) is 8.77. The minimum Gasteiger partial charge on any atom is -0.357 e. The number of hydrogen-bond acceptors (Lipinski definition) is 2. The molecule has 0 atom stereocenters. The third kappa shape index (κ3) is 6.99. The van der Waals surface area contributed by atoms with Crippen LogP contribution in [0.4, 0.5) is 4.39 Å². The standard InChI is InChI=1S/C18H29FN4/c1-2-20-18(22-15-16-7-9-17(19)10-8-16)21-11-3-4-12-23-13-5-6-14-23/h7-10H,2-6,11-15H2,1H3,(H2,20,21,22). The molecule has 1 aromatic rings. The number of unbranched alkanes of at least 4 members (excludes halogenated alkanes) is 1.